The molecule has 0 aliphatic rings. The van der Waals surface area contributed by atoms with E-state index in [0.717, 1.165) is 17.6 Å². The molecule has 1 atom stereocenters. The molecule has 1 unspecified atom stereocenters. The highest BCUT2D eigenvalue weighted by molar-refractivity contribution is 5.78. The number of para-hydroxylation sites is 1. The number of hydrogen-bond donors (Lipinski definition) is 0. The first-order chi connectivity index (χ1) is 15.3. The molecule has 1 heteroatoms. The number of aromatic nitrogens is 1. The highest BCUT2D eigenvalue weighted by Crippen LogP contribution is 2.32. The average molecular weight is 400 g/mol. The molecule has 1 nitrogen and oxygen atoms in total. The Balaban J connectivity index is 1.53. The van der Waals surface area contributed by atoms with E-state index in [1.54, 1.807) is 0 Å². The second-order valence-electron chi connectivity index (χ2n) is 8.18. The van der Waals surface area contributed by atoms with Crippen molar-refractivity contribution in [3.8, 4) is 22.3 Å². The third kappa shape index (κ3) is 4.27. The summed E-state index contributed by atoms with van der Waals surface area (Å²) in [4.78, 5) is 4.90. The maximum Gasteiger partial charge on any atom is 0.0705 e. The summed E-state index contributed by atoms with van der Waals surface area (Å²) in [5.74, 6) is 0.361. The molecule has 5 rings (SSSR count). The summed E-state index contributed by atoms with van der Waals surface area (Å²) < 4.78 is 0. The van der Waals surface area contributed by atoms with Gasteiger partial charge in [-0.1, -0.05) is 104 Å². The zero-order chi connectivity index (χ0) is 21.0. The molecule has 0 aliphatic heterocycles. The highest BCUT2D eigenvalue weighted by atomic mass is 14.7. The molecular weight excluding hydrogens is 374 g/mol. The summed E-state index contributed by atoms with van der Waals surface area (Å²) in [7, 11) is 0. The lowest BCUT2D eigenvalue weighted by molar-refractivity contribution is 0.744. The van der Waals surface area contributed by atoms with Crippen LogP contribution in [0, 0.1) is 0 Å². The number of pyridine rings is 1. The van der Waals surface area contributed by atoms with Crippen molar-refractivity contribution in [2.75, 3.05) is 0 Å². The van der Waals surface area contributed by atoms with E-state index >= 15 is 0 Å². The summed E-state index contributed by atoms with van der Waals surface area (Å²) in [5, 5.41) is 1.19. The maximum absolute atomic E-state index is 4.90. The number of fused-ring (bicyclic) bond motifs is 1. The lowest BCUT2D eigenvalue weighted by Crippen LogP contribution is -2.01. The molecule has 0 saturated heterocycles. The Bertz CT molecular complexity index is 1250. The monoisotopic (exact) mass is 399 g/mol. The quantitative estimate of drug-likeness (QED) is 0.292. The standard InChI is InChI=1S/C30H25N/c1-22(18-29-17-16-25-14-8-9-15-30(25)31-29)26-19-27(23-10-4-2-5-11-23)21-28(20-26)24-12-6-3-7-13-24/h2-17,19-22H,18H2,1H3. The SMILES string of the molecule is CC(Cc1ccc2ccccc2n1)c1cc(-c2ccccc2)cc(-c2ccccc2)c1. The summed E-state index contributed by atoms with van der Waals surface area (Å²) in [6.45, 7) is 2.30. The zero-order valence-electron chi connectivity index (χ0n) is 17.7. The van der Waals surface area contributed by atoms with Crippen LogP contribution in [0.3, 0.4) is 0 Å². The smallest absolute Gasteiger partial charge is 0.0705 e. The van der Waals surface area contributed by atoms with Crippen LogP contribution in [-0.4, -0.2) is 4.98 Å². The van der Waals surface area contributed by atoms with Crippen LogP contribution in [0.1, 0.15) is 24.1 Å². The first-order valence-corrected chi connectivity index (χ1v) is 10.9. The Kier molecular flexibility index (Phi) is 5.33. The molecule has 150 valence electrons. The van der Waals surface area contributed by atoms with Gasteiger partial charge >= 0.3 is 0 Å². The predicted octanol–water partition coefficient (Wildman–Crippen LogP) is 7.92. The van der Waals surface area contributed by atoms with E-state index in [4.69, 9.17) is 4.98 Å². The van der Waals surface area contributed by atoms with Crippen LogP contribution in [0.5, 0.6) is 0 Å². The van der Waals surface area contributed by atoms with Gasteiger partial charge in [0.05, 0.1) is 5.52 Å². The average Bonchev–Trinajstić information content (AvgIpc) is 2.85. The lowest BCUT2D eigenvalue weighted by atomic mass is 9.89. The first-order valence-electron chi connectivity index (χ1n) is 10.9. The van der Waals surface area contributed by atoms with E-state index in [1.807, 2.05) is 0 Å². The third-order valence-corrected chi connectivity index (χ3v) is 5.91. The fourth-order valence-corrected chi connectivity index (χ4v) is 4.18. The number of benzene rings is 4. The van der Waals surface area contributed by atoms with Gasteiger partial charge < -0.3 is 0 Å². The molecule has 1 heterocycles. The van der Waals surface area contributed by atoms with Crippen LogP contribution >= 0.6 is 0 Å². The van der Waals surface area contributed by atoms with Crippen LogP contribution < -0.4 is 0 Å². The molecule has 0 aliphatic carbocycles. The number of rotatable bonds is 5. The minimum atomic E-state index is 0.361. The van der Waals surface area contributed by atoms with Crippen LogP contribution in [0.4, 0.5) is 0 Å². The molecule has 0 spiro atoms. The maximum atomic E-state index is 4.90. The summed E-state index contributed by atoms with van der Waals surface area (Å²) >= 11 is 0. The highest BCUT2D eigenvalue weighted by Gasteiger charge is 2.12. The Hall–Kier alpha value is -3.71. The number of nitrogens with zero attached hydrogens (tertiary/aromatic N) is 1. The van der Waals surface area contributed by atoms with Crippen LogP contribution in [0.25, 0.3) is 33.2 Å². The third-order valence-electron chi connectivity index (χ3n) is 5.91. The van der Waals surface area contributed by atoms with Crippen molar-refractivity contribution in [2.24, 2.45) is 0 Å². The number of hydrogen-bond acceptors (Lipinski definition) is 1. The fraction of sp³-hybridized carbons (Fsp3) is 0.100. The van der Waals surface area contributed by atoms with Gasteiger partial charge in [-0.15, -0.1) is 0 Å². The van der Waals surface area contributed by atoms with E-state index in [2.05, 4.69) is 122 Å². The van der Waals surface area contributed by atoms with E-state index in [9.17, 15) is 0 Å². The van der Waals surface area contributed by atoms with Crippen molar-refractivity contribution >= 4 is 10.9 Å². The Morgan fingerprint density at radius 3 is 1.81 bits per heavy atom. The second-order valence-corrected chi connectivity index (χ2v) is 8.18. The van der Waals surface area contributed by atoms with Crippen molar-refractivity contribution in [3.63, 3.8) is 0 Å². The van der Waals surface area contributed by atoms with Crippen molar-refractivity contribution in [1.29, 1.82) is 0 Å². The summed E-state index contributed by atoms with van der Waals surface area (Å²) in [5.41, 5.74) is 8.56. The molecule has 1 aromatic heterocycles. The Morgan fingerprint density at radius 2 is 1.16 bits per heavy atom. The van der Waals surface area contributed by atoms with Crippen molar-refractivity contribution < 1.29 is 0 Å². The second kappa shape index (κ2) is 8.57. The normalized spacial score (nSPS) is 12.0. The van der Waals surface area contributed by atoms with E-state index < -0.39 is 0 Å². The Labute approximate surface area is 184 Å². The minimum absolute atomic E-state index is 0.361. The van der Waals surface area contributed by atoms with Gasteiger partial charge in [-0.3, -0.25) is 4.98 Å². The minimum Gasteiger partial charge on any atom is -0.253 e. The molecule has 0 amide bonds. The van der Waals surface area contributed by atoms with E-state index in [-0.39, 0.29) is 0 Å². The van der Waals surface area contributed by atoms with Crippen LogP contribution in [0.15, 0.2) is 115 Å². The first kappa shape index (κ1) is 19.3. The molecule has 5 aromatic rings. The van der Waals surface area contributed by atoms with Crippen LogP contribution in [0.2, 0.25) is 0 Å². The zero-order valence-corrected chi connectivity index (χ0v) is 17.7. The topological polar surface area (TPSA) is 12.9 Å². The fourth-order valence-electron chi connectivity index (χ4n) is 4.18. The van der Waals surface area contributed by atoms with Crippen molar-refractivity contribution in [3.05, 3.63) is 127 Å². The molecule has 0 N–H and O–H groups in total. The largest absolute Gasteiger partial charge is 0.253 e. The van der Waals surface area contributed by atoms with E-state index in [1.165, 1.54) is 33.2 Å². The van der Waals surface area contributed by atoms with Gasteiger partial charge in [-0.05, 0) is 58.4 Å². The molecule has 4 aromatic carbocycles. The van der Waals surface area contributed by atoms with Gasteiger partial charge in [-0.25, -0.2) is 0 Å². The Morgan fingerprint density at radius 1 is 0.581 bits per heavy atom. The van der Waals surface area contributed by atoms with Gasteiger partial charge in [-0.2, -0.15) is 0 Å². The summed E-state index contributed by atoms with van der Waals surface area (Å²) in [6, 6.07) is 40.9. The molecule has 0 fully saturated rings. The van der Waals surface area contributed by atoms with Gasteiger partial charge in [0.15, 0.2) is 0 Å². The lowest BCUT2D eigenvalue weighted by Gasteiger charge is -2.16. The van der Waals surface area contributed by atoms with Crippen LogP contribution in [-0.2, 0) is 6.42 Å². The van der Waals surface area contributed by atoms with Gasteiger partial charge in [0.1, 0.15) is 0 Å². The molecule has 0 radical (unpaired) electrons. The predicted molar refractivity (Wildman–Crippen MR) is 131 cm³/mol. The van der Waals surface area contributed by atoms with Crippen molar-refractivity contribution in [1.82, 2.24) is 4.98 Å². The molecule has 0 bridgehead atoms. The van der Waals surface area contributed by atoms with Crippen molar-refractivity contribution in [2.45, 2.75) is 19.3 Å². The van der Waals surface area contributed by atoms with Gasteiger partial charge in [0, 0.05) is 11.1 Å². The molecule has 0 saturated carbocycles. The van der Waals surface area contributed by atoms with Gasteiger partial charge in [0.2, 0.25) is 0 Å². The molecule has 31 heavy (non-hydrogen) atoms. The van der Waals surface area contributed by atoms with E-state index in [0.29, 0.717) is 5.92 Å². The van der Waals surface area contributed by atoms with Gasteiger partial charge in [0.25, 0.3) is 0 Å². The molecular formula is C30H25N. The summed E-state index contributed by atoms with van der Waals surface area (Å²) in [6.07, 6.45) is 0.914.